The summed E-state index contributed by atoms with van der Waals surface area (Å²) in [5.74, 6) is 1.14. The SMILES string of the molecule is CCCCC(CC)C(=O)N(CCO)CCCC.CCCCC(CC)C1OCCN1CCCC.O.[2HH]. The quantitative estimate of drug-likeness (QED) is 0.258. The molecule has 0 spiro atoms. The number of hydrogen-bond donors (Lipinski definition) is 1. The molecule has 0 aromatic rings. The minimum atomic E-state index is 0. The van der Waals surface area contributed by atoms with Crippen LogP contribution in [0.25, 0.3) is 0 Å². The molecule has 0 bridgehead atoms. The van der Waals surface area contributed by atoms with Crippen LogP contribution in [0.15, 0.2) is 0 Å². The molecule has 208 valence electrons. The predicted molar refractivity (Wildman–Crippen MR) is 147 cm³/mol. The van der Waals surface area contributed by atoms with Gasteiger partial charge in [-0.25, -0.2) is 0 Å². The fourth-order valence-electron chi connectivity index (χ4n) is 4.59. The molecule has 1 fully saturated rings. The lowest BCUT2D eigenvalue weighted by Crippen LogP contribution is -2.38. The maximum absolute atomic E-state index is 12.3. The van der Waals surface area contributed by atoms with Gasteiger partial charge in [-0.05, 0) is 44.4 Å². The van der Waals surface area contributed by atoms with Crippen LogP contribution in [0.5, 0.6) is 0 Å². The van der Waals surface area contributed by atoms with E-state index in [2.05, 4.69) is 46.4 Å². The van der Waals surface area contributed by atoms with Gasteiger partial charge in [0.2, 0.25) is 5.91 Å². The molecule has 1 saturated heterocycles. The molecule has 0 aliphatic carbocycles. The first-order valence-electron chi connectivity index (χ1n) is 14.3. The Balaban J connectivity index is -0.000000554. The molecule has 3 atom stereocenters. The van der Waals surface area contributed by atoms with Crippen molar-refractivity contribution >= 4 is 5.91 Å². The van der Waals surface area contributed by atoms with Crippen LogP contribution in [0, 0.1) is 11.8 Å². The summed E-state index contributed by atoms with van der Waals surface area (Å²) >= 11 is 0. The third-order valence-corrected chi connectivity index (χ3v) is 6.89. The van der Waals surface area contributed by atoms with Gasteiger partial charge in [0.05, 0.1) is 13.2 Å². The third kappa shape index (κ3) is 14.7. The van der Waals surface area contributed by atoms with Gasteiger partial charge in [-0.1, -0.05) is 80.1 Å². The lowest BCUT2D eigenvalue weighted by atomic mass is 9.97. The van der Waals surface area contributed by atoms with Crippen molar-refractivity contribution in [1.82, 2.24) is 9.80 Å². The Morgan fingerprint density at radius 3 is 2.09 bits per heavy atom. The Bertz CT molecular complexity index is 457. The van der Waals surface area contributed by atoms with Crippen LogP contribution < -0.4 is 0 Å². The van der Waals surface area contributed by atoms with Crippen LogP contribution in [-0.4, -0.2) is 71.9 Å². The van der Waals surface area contributed by atoms with Gasteiger partial charge >= 0.3 is 0 Å². The van der Waals surface area contributed by atoms with Gasteiger partial charge in [0.25, 0.3) is 0 Å². The number of hydrogen-bond acceptors (Lipinski definition) is 4. The number of rotatable bonds is 18. The summed E-state index contributed by atoms with van der Waals surface area (Å²) in [6.45, 7) is 17.9. The van der Waals surface area contributed by atoms with Gasteiger partial charge in [0.1, 0.15) is 6.23 Å². The van der Waals surface area contributed by atoms with E-state index in [1.807, 2.05) is 4.90 Å². The molecule has 1 amide bonds. The van der Waals surface area contributed by atoms with Crippen LogP contribution in [0.1, 0.15) is 120 Å². The first-order valence-corrected chi connectivity index (χ1v) is 14.3. The van der Waals surface area contributed by atoms with Crippen molar-refractivity contribution in [3.63, 3.8) is 0 Å². The molecule has 0 aromatic heterocycles. The summed E-state index contributed by atoms with van der Waals surface area (Å²) in [6.07, 6.45) is 14.5. The molecule has 3 unspecified atom stereocenters. The number of amides is 1. The van der Waals surface area contributed by atoms with E-state index in [1.54, 1.807) is 0 Å². The van der Waals surface area contributed by atoms with Gasteiger partial charge in [-0.2, -0.15) is 0 Å². The van der Waals surface area contributed by atoms with E-state index in [1.165, 1.54) is 45.1 Å². The molecule has 6 nitrogen and oxygen atoms in total. The topological polar surface area (TPSA) is 84.5 Å². The van der Waals surface area contributed by atoms with Crippen molar-refractivity contribution in [2.45, 2.75) is 125 Å². The van der Waals surface area contributed by atoms with Crippen LogP contribution in [0.4, 0.5) is 0 Å². The normalized spacial score (nSPS) is 17.4. The zero-order chi connectivity index (χ0) is 24.9. The van der Waals surface area contributed by atoms with Crippen molar-refractivity contribution in [3.05, 3.63) is 0 Å². The van der Waals surface area contributed by atoms with Crippen LogP contribution in [0.3, 0.4) is 0 Å². The summed E-state index contributed by atoms with van der Waals surface area (Å²) in [7, 11) is 0. The van der Waals surface area contributed by atoms with E-state index >= 15 is 0 Å². The lowest BCUT2D eigenvalue weighted by molar-refractivity contribution is -0.136. The average molecular weight is 492 g/mol. The Morgan fingerprint density at radius 1 is 0.941 bits per heavy atom. The Morgan fingerprint density at radius 2 is 1.56 bits per heavy atom. The summed E-state index contributed by atoms with van der Waals surface area (Å²) in [4.78, 5) is 16.7. The van der Waals surface area contributed by atoms with Crippen molar-refractivity contribution < 1.29 is 21.5 Å². The fraction of sp³-hybridized carbons (Fsp3) is 0.964. The van der Waals surface area contributed by atoms with Crippen molar-refractivity contribution in [2.75, 3.05) is 39.4 Å². The molecule has 3 N–H and O–H groups in total. The summed E-state index contributed by atoms with van der Waals surface area (Å²) in [6, 6.07) is 0. The molecule has 0 saturated carbocycles. The molecular formula is C28H62N2O4. The van der Waals surface area contributed by atoms with Gasteiger partial charge in [0.15, 0.2) is 0 Å². The fourth-order valence-corrected chi connectivity index (χ4v) is 4.59. The monoisotopic (exact) mass is 491 g/mol. The number of carbonyl (C=O) groups is 1. The van der Waals surface area contributed by atoms with Crippen LogP contribution in [0.2, 0.25) is 0 Å². The summed E-state index contributed by atoms with van der Waals surface area (Å²) in [5, 5.41) is 9.02. The van der Waals surface area contributed by atoms with Crippen LogP contribution in [-0.2, 0) is 9.53 Å². The highest BCUT2D eigenvalue weighted by atomic mass is 16.5. The minimum Gasteiger partial charge on any atom is -0.412 e. The van der Waals surface area contributed by atoms with Crippen molar-refractivity contribution in [2.24, 2.45) is 11.8 Å². The number of aliphatic hydroxyl groups excluding tert-OH is 1. The molecule has 0 radical (unpaired) electrons. The number of nitrogens with zero attached hydrogens (tertiary/aromatic N) is 2. The number of carbonyl (C=O) groups excluding carboxylic acids is 1. The highest BCUT2D eigenvalue weighted by molar-refractivity contribution is 5.78. The Kier molecular flexibility index (Phi) is 25.1. The Hall–Kier alpha value is -0.690. The van der Waals surface area contributed by atoms with E-state index in [-0.39, 0.29) is 25.3 Å². The number of unbranched alkanes of at least 4 members (excludes halogenated alkanes) is 4. The first kappa shape index (κ1) is 35.5. The van der Waals surface area contributed by atoms with E-state index in [0.717, 1.165) is 64.1 Å². The summed E-state index contributed by atoms with van der Waals surface area (Å²) in [5.41, 5.74) is 0. The zero-order valence-electron chi connectivity index (χ0n) is 23.6. The van der Waals surface area contributed by atoms with Crippen molar-refractivity contribution in [1.29, 1.82) is 0 Å². The maximum atomic E-state index is 12.3. The second-order valence-corrected chi connectivity index (χ2v) is 9.61. The second-order valence-electron chi connectivity index (χ2n) is 9.61. The lowest BCUT2D eigenvalue weighted by Gasteiger charge is -2.29. The zero-order valence-corrected chi connectivity index (χ0v) is 23.6. The average Bonchev–Trinajstić information content (AvgIpc) is 3.30. The number of aliphatic hydroxyl groups is 1. The standard InChI is InChI=1S/C14H29NO2.C14H29NO.H2O.H2/c1-4-7-9-13(6-3)14(17)15(11-12-16)10-8-5-2;1-4-7-9-13(6-3)14-15(10-8-5-2)11-12-16-14;;/h13,16H,4-12H2,1-3H3;13-14H,4-12H2,1-3H3;1H2;1H/i;;;1+1. The van der Waals surface area contributed by atoms with Crippen molar-refractivity contribution in [3.8, 4) is 0 Å². The van der Waals surface area contributed by atoms with E-state index in [0.29, 0.717) is 12.8 Å². The molecule has 1 rings (SSSR count). The Labute approximate surface area is 213 Å². The molecule has 6 heteroatoms. The minimum absolute atomic E-state index is 0. The van der Waals surface area contributed by atoms with Gasteiger partial charge in [-0.15, -0.1) is 0 Å². The maximum Gasteiger partial charge on any atom is 0.225 e. The first-order chi connectivity index (χ1) is 16.0. The largest absolute Gasteiger partial charge is 0.412 e. The van der Waals surface area contributed by atoms with E-state index in [9.17, 15) is 4.79 Å². The van der Waals surface area contributed by atoms with Gasteiger partial charge in [0, 0.05) is 33.5 Å². The predicted octanol–water partition coefficient (Wildman–Crippen LogP) is 5.91. The third-order valence-electron chi connectivity index (χ3n) is 6.89. The molecular weight excluding hydrogens is 428 g/mol. The second kappa shape index (κ2) is 24.0. The van der Waals surface area contributed by atoms with E-state index < -0.39 is 0 Å². The highest BCUT2D eigenvalue weighted by Gasteiger charge is 2.30. The van der Waals surface area contributed by atoms with E-state index in [4.69, 9.17) is 9.84 Å². The highest BCUT2D eigenvalue weighted by Crippen LogP contribution is 2.26. The molecule has 0 aromatic carbocycles. The molecule has 1 aliphatic rings. The smallest absolute Gasteiger partial charge is 0.225 e. The molecule has 1 heterocycles. The van der Waals surface area contributed by atoms with Gasteiger partial charge in [-0.3, -0.25) is 9.69 Å². The molecule has 1 aliphatic heterocycles. The number of ether oxygens (including phenoxy) is 1. The van der Waals surface area contributed by atoms with Gasteiger partial charge < -0.3 is 20.2 Å². The summed E-state index contributed by atoms with van der Waals surface area (Å²) < 4.78 is 5.94. The molecule has 34 heavy (non-hydrogen) atoms. The van der Waals surface area contributed by atoms with Crippen LogP contribution >= 0.6 is 0 Å².